The van der Waals surface area contributed by atoms with Crippen LogP contribution in [0.4, 0.5) is 5.69 Å². The molecule has 0 saturated carbocycles. The minimum atomic E-state index is -0.397. The summed E-state index contributed by atoms with van der Waals surface area (Å²) >= 11 is 6.17. The zero-order valence-corrected chi connectivity index (χ0v) is 11.8. The van der Waals surface area contributed by atoms with Gasteiger partial charge in [0.1, 0.15) is 0 Å². The van der Waals surface area contributed by atoms with E-state index < -0.39 is 5.91 Å². The SMILES string of the molecule is NCC(=O)NCC(=O)Nc1cccc(Cl)c1-n1ccnc1. The number of hydrogen-bond acceptors (Lipinski definition) is 4. The van der Waals surface area contributed by atoms with Crippen LogP contribution in [0.2, 0.25) is 5.02 Å². The van der Waals surface area contributed by atoms with Gasteiger partial charge < -0.3 is 20.9 Å². The maximum Gasteiger partial charge on any atom is 0.243 e. The zero-order chi connectivity index (χ0) is 15.2. The van der Waals surface area contributed by atoms with Gasteiger partial charge in [-0.3, -0.25) is 9.59 Å². The molecule has 0 radical (unpaired) electrons. The number of nitrogens with two attached hydrogens (primary N) is 1. The average molecular weight is 308 g/mol. The van der Waals surface area contributed by atoms with Gasteiger partial charge in [0, 0.05) is 12.4 Å². The second-order valence-electron chi connectivity index (χ2n) is 4.13. The summed E-state index contributed by atoms with van der Waals surface area (Å²) in [5, 5.41) is 5.55. The molecule has 2 rings (SSSR count). The van der Waals surface area contributed by atoms with Crippen LogP contribution in [0.25, 0.3) is 5.69 Å². The largest absolute Gasteiger partial charge is 0.346 e. The molecular formula is C13H14ClN5O2. The maximum absolute atomic E-state index is 11.8. The Bertz CT molecular complexity index is 642. The van der Waals surface area contributed by atoms with Gasteiger partial charge in [-0.05, 0) is 12.1 Å². The van der Waals surface area contributed by atoms with Crippen LogP contribution in [-0.4, -0.2) is 34.5 Å². The third-order valence-corrected chi connectivity index (χ3v) is 2.96. The Kier molecular flexibility index (Phi) is 4.91. The molecule has 7 nitrogen and oxygen atoms in total. The highest BCUT2D eigenvalue weighted by Crippen LogP contribution is 2.28. The molecule has 8 heteroatoms. The van der Waals surface area contributed by atoms with E-state index in [9.17, 15) is 9.59 Å². The number of nitrogens with one attached hydrogen (secondary N) is 2. The normalized spacial score (nSPS) is 10.2. The van der Waals surface area contributed by atoms with E-state index in [0.29, 0.717) is 16.4 Å². The second-order valence-corrected chi connectivity index (χ2v) is 4.54. The molecule has 0 bridgehead atoms. The van der Waals surface area contributed by atoms with Crippen molar-refractivity contribution in [3.05, 3.63) is 41.9 Å². The number of aromatic nitrogens is 2. The highest BCUT2D eigenvalue weighted by atomic mass is 35.5. The lowest BCUT2D eigenvalue weighted by molar-refractivity contribution is -0.123. The number of halogens is 1. The van der Waals surface area contributed by atoms with Crippen molar-refractivity contribution in [1.29, 1.82) is 0 Å². The molecule has 0 fully saturated rings. The maximum atomic E-state index is 11.8. The van der Waals surface area contributed by atoms with Crippen LogP contribution in [0.3, 0.4) is 0 Å². The first-order valence-electron chi connectivity index (χ1n) is 6.15. The minimum Gasteiger partial charge on any atom is -0.346 e. The van der Waals surface area contributed by atoms with Crippen LogP contribution in [0.1, 0.15) is 0 Å². The average Bonchev–Trinajstić information content (AvgIpc) is 2.98. The number of nitrogens with zero attached hydrogens (tertiary/aromatic N) is 2. The van der Waals surface area contributed by atoms with Crippen LogP contribution in [0.5, 0.6) is 0 Å². The summed E-state index contributed by atoms with van der Waals surface area (Å²) in [7, 11) is 0. The number of carbonyl (C=O) groups excluding carboxylic acids is 2. The van der Waals surface area contributed by atoms with Crippen molar-refractivity contribution >= 4 is 29.1 Å². The molecule has 1 aromatic carbocycles. The first-order valence-corrected chi connectivity index (χ1v) is 6.53. The highest BCUT2D eigenvalue weighted by Gasteiger charge is 2.12. The van der Waals surface area contributed by atoms with Crippen LogP contribution < -0.4 is 16.4 Å². The minimum absolute atomic E-state index is 0.161. The van der Waals surface area contributed by atoms with Gasteiger partial charge >= 0.3 is 0 Å². The van der Waals surface area contributed by atoms with Gasteiger partial charge in [-0.2, -0.15) is 0 Å². The number of benzene rings is 1. The van der Waals surface area contributed by atoms with E-state index in [4.69, 9.17) is 17.3 Å². The molecule has 0 unspecified atom stereocenters. The van der Waals surface area contributed by atoms with E-state index in [1.807, 2.05) is 0 Å². The number of hydrogen-bond donors (Lipinski definition) is 3. The van der Waals surface area contributed by atoms with Gasteiger partial charge in [-0.1, -0.05) is 17.7 Å². The summed E-state index contributed by atoms with van der Waals surface area (Å²) in [6.07, 6.45) is 4.90. The predicted octanol–water partition coefficient (Wildman–Crippen LogP) is 0.539. The van der Waals surface area contributed by atoms with Crippen molar-refractivity contribution in [3.63, 3.8) is 0 Å². The predicted molar refractivity (Wildman–Crippen MR) is 79.3 cm³/mol. The van der Waals surface area contributed by atoms with Crippen molar-refractivity contribution in [3.8, 4) is 5.69 Å². The topological polar surface area (TPSA) is 102 Å². The van der Waals surface area contributed by atoms with E-state index in [0.717, 1.165) is 0 Å². The van der Waals surface area contributed by atoms with Gasteiger partial charge in [-0.25, -0.2) is 4.98 Å². The monoisotopic (exact) mass is 307 g/mol. The van der Waals surface area contributed by atoms with Gasteiger partial charge in [0.15, 0.2) is 0 Å². The van der Waals surface area contributed by atoms with E-state index in [1.165, 1.54) is 0 Å². The molecule has 4 N–H and O–H groups in total. The van der Waals surface area contributed by atoms with Crippen LogP contribution in [0.15, 0.2) is 36.9 Å². The molecule has 0 spiro atoms. The smallest absolute Gasteiger partial charge is 0.243 e. The molecule has 21 heavy (non-hydrogen) atoms. The molecule has 0 aliphatic rings. The summed E-state index contributed by atoms with van der Waals surface area (Å²) in [5.41, 5.74) is 6.27. The molecule has 1 aromatic heterocycles. The summed E-state index contributed by atoms with van der Waals surface area (Å²) in [5.74, 6) is -0.772. The van der Waals surface area contributed by atoms with Gasteiger partial charge in [0.2, 0.25) is 11.8 Å². The Balaban J connectivity index is 2.15. The fourth-order valence-corrected chi connectivity index (χ4v) is 1.99. The number of rotatable bonds is 5. The lowest BCUT2D eigenvalue weighted by Gasteiger charge is -2.13. The molecular weight excluding hydrogens is 294 g/mol. The Hall–Kier alpha value is -2.38. The van der Waals surface area contributed by atoms with Crippen molar-refractivity contribution < 1.29 is 9.59 Å². The lowest BCUT2D eigenvalue weighted by Crippen LogP contribution is -2.36. The summed E-state index contributed by atoms with van der Waals surface area (Å²) in [6, 6.07) is 5.14. The van der Waals surface area contributed by atoms with E-state index in [2.05, 4.69) is 15.6 Å². The van der Waals surface area contributed by atoms with Crippen LogP contribution in [-0.2, 0) is 9.59 Å². The number of imidazole rings is 1. The van der Waals surface area contributed by atoms with Gasteiger partial charge in [0.25, 0.3) is 0 Å². The molecule has 1 heterocycles. The van der Waals surface area contributed by atoms with Gasteiger partial charge in [-0.15, -0.1) is 0 Å². The first-order chi connectivity index (χ1) is 10.1. The van der Waals surface area contributed by atoms with Crippen molar-refractivity contribution in [2.75, 3.05) is 18.4 Å². The van der Waals surface area contributed by atoms with Crippen molar-refractivity contribution in [2.24, 2.45) is 5.73 Å². The number of amides is 2. The Morgan fingerprint density at radius 2 is 2.14 bits per heavy atom. The fraction of sp³-hybridized carbons (Fsp3) is 0.154. The quantitative estimate of drug-likeness (QED) is 0.750. The first kappa shape index (κ1) is 15.0. The van der Waals surface area contributed by atoms with Crippen LogP contribution >= 0.6 is 11.6 Å². The molecule has 0 aliphatic carbocycles. The number of anilines is 1. The second kappa shape index (κ2) is 6.87. The molecule has 0 aliphatic heterocycles. The Morgan fingerprint density at radius 3 is 2.81 bits per heavy atom. The summed E-state index contributed by atoms with van der Waals surface area (Å²) in [6.45, 7) is -0.323. The standard InChI is InChI=1S/C13H14ClN5O2/c14-9-2-1-3-10(13(9)19-5-4-16-8-19)18-12(21)7-17-11(20)6-15/h1-5,8H,6-7,15H2,(H,17,20)(H,18,21). The van der Waals surface area contributed by atoms with Crippen LogP contribution in [0, 0.1) is 0 Å². The zero-order valence-electron chi connectivity index (χ0n) is 11.0. The molecule has 110 valence electrons. The lowest BCUT2D eigenvalue weighted by atomic mass is 10.2. The molecule has 2 amide bonds. The molecule has 2 aromatic rings. The van der Waals surface area contributed by atoms with Crippen molar-refractivity contribution in [1.82, 2.24) is 14.9 Å². The molecule has 0 saturated heterocycles. The summed E-state index contributed by atoms with van der Waals surface area (Å²) < 4.78 is 1.69. The van der Waals surface area contributed by atoms with E-state index in [1.54, 1.807) is 41.5 Å². The number of carbonyl (C=O) groups is 2. The Morgan fingerprint density at radius 1 is 1.33 bits per heavy atom. The fourth-order valence-electron chi connectivity index (χ4n) is 1.72. The number of para-hydroxylation sites is 1. The highest BCUT2D eigenvalue weighted by molar-refractivity contribution is 6.33. The third kappa shape index (κ3) is 3.80. The van der Waals surface area contributed by atoms with Gasteiger partial charge in [0.05, 0.1) is 35.8 Å². The molecule has 0 atom stereocenters. The Labute approximate surface area is 126 Å². The van der Waals surface area contributed by atoms with Crippen molar-refractivity contribution in [2.45, 2.75) is 0 Å². The third-order valence-electron chi connectivity index (χ3n) is 2.65. The van der Waals surface area contributed by atoms with E-state index >= 15 is 0 Å². The van der Waals surface area contributed by atoms with E-state index in [-0.39, 0.29) is 19.0 Å². The summed E-state index contributed by atoms with van der Waals surface area (Å²) in [4.78, 5) is 26.8.